The highest BCUT2D eigenvalue weighted by Crippen LogP contribution is 2.19. The van der Waals surface area contributed by atoms with Gasteiger partial charge in [0, 0.05) is 11.6 Å². The highest BCUT2D eigenvalue weighted by Gasteiger charge is 2.23. The van der Waals surface area contributed by atoms with E-state index in [2.05, 4.69) is 0 Å². The van der Waals surface area contributed by atoms with Crippen molar-refractivity contribution in [3.8, 4) is 0 Å². The number of rotatable bonds is 3. The van der Waals surface area contributed by atoms with E-state index in [1.54, 1.807) is 36.4 Å². The van der Waals surface area contributed by atoms with Crippen LogP contribution in [-0.4, -0.2) is 5.91 Å². The van der Waals surface area contributed by atoms with Crippen molar-refractivity contribution in [2.45, 2.75) is 0 Å². The highest BCUT2D eigenvalue weighted by molar-refractivity contribution is 7.61. The second-order valence-electron chi connectivity index (χ2n) is 3.54. The van der Waals surface area contributed by atoms with Gasteiger partial charge in [-0.25, -0.2) is 0 Å². The van der Waals surface area contributed by atoms with Crippen molar-refractivity contribution in [3.05, 3.63) is 60.2 Å². The maximum absolute atomic E-state index is 12.2. The van der Waals surface area contributed by atoms with Gasteiger partial charge in [0.25, 0.3) is 0 Å². The first-order chi connectivity index (χ1) is 8.18. The Morgan fingerprint density at radius 2 is 1.59 bits per heavy atom. The predicted octanol–water partition coefficient (Wildman–Crippen LogP) is 1.56. The van der Waals surface area contributed by atoms with Gasteiger partial charge in [0.05, 0.1) is 0 Å². The van der Waals surface area contributed by atoms with E-state index in [1.165, 1.54) is 0 Å². The molecule has 0 saturated carbocycles. The summed E-state index contributed by atoms with van der Waals surface area (Å²) in [6, 6.07) is 15.7. The van der Waals surface area contributed by atoms with Gasteiger partial charge in [0.1, 0.15) is 0 Å². The first-order valence-corrected chi connectivity index (χ1v) is 6.36. The van der Waals surface area contributed by atoms with Crippen LogP contribution in [0, 0.1) is 0 Å². The Morgan fingerprint density at radius 3 is 2.24 bits per heavy atom. The Morgan fingerprint density at radius 1 is 0.941 bits per heavy atom. The van der Waals surface area contributed by atoms with E-state index in [-0.39, 0.29) is 0 Å². The second-order valence-corrected chi connectivity index (χ2v) is 5.17. The number of primary amides is 1. The molecule has 1 unspecified atom stereocenters. The van der Waals surface area contributed by atoms with Gasteiger partial charge in [-0.1, -0.05) is 28.8 Å². The first kappa shape index (κ1) is 11.5. The lowest BCUT2D eigenvalue weighted by molar-refractivity contribution is 0.100. The molecule has 0 fully saturated rings. The van der Waals surface area contributed by atoms with Gasteiger partial charge < -0.3 is 5.73 Å². The summed E-state index contributed by atoms with van der Waals surface area (Å²) in [6.07, 6.45) is 0. The SMILES string of the molecule is NC(=O)c1cccc([P+](=O)c2ccccc2)c1. The number of carbonyl (C=O) groups excluding carboxylic acids is 1. The van der Waals surface area contributed by atoms with Crippen LogP contribution in [-0.2, 0) is 4.57 Å². The van der Waals surface area contributed by atoms with E-state index >= 15 is 0 Å². The van der Waals surface area contributed by atoms with Gasteiger partial charge in [0.15, 0.2) is 10.6 Å². The quantitative estimate of drug-likeness (QED) is 0.833. The molecule has 1 amide bonds. The molecule has 0 aliphatic carbocycles. The van der Waals surface area contributed by atoms with Crippen molar-refractivity contribution < 1.29 is 9.36 Å². The third-order valence-electron chi connectivity index (χ3n) is 2.36. The van der Waals surface area contributed by atoms with Crippen LogP contribution in [0.25, 0.3) is 0 Å². The fraction of sp³-hybridized carbons (Fsp3) is 0. The van der Waals surface area contributed by atoms with Crippen LogP contribution >= 0.6 is 7.80 Å². The molecule has 4 heteroatoms. The molecule has 1 atom stereocenters. The Bertz CT molecular complexity index is 567. The average molecular weight is 244 g/mol. The molecule has 17 heavy (non-hydrogen) atoms. The Kier molecular flexibility index (Phi) is 3.31. The lowest BCUT2D eigenvalue weighted by atomic mass is 10.2. The maximum Gasteiger partial charge on any atom is 0.415 e. The van der Waals surface area contributed by atoms with Gasteiger partial charge >= 0.3 is 7.80 Å². The van der Waals surface area contributed by atoms with Crippen LogP contribution < -0.4 is 16.3 Å². The van der Waals surface area contributed by atoms with E-state index in [4.69, 9.17) is 5.73 Å². The fourth-order valence-electron chi connectivity index (χ4n) is 1.50. The molecule has 2 rings (SSSR count). The number of nitrogens with two attached hydrogens (primary N) is 1. The molecule has 2 aromatic rings. The molecule has 0 heterocycles. The summed E-state index contributed by atoms with van der Waals surface area (Å²) in [5.41, 5.74) is 5.56. The molecule has 0 spiro atoms. The fourth-order valence-corrected chi connectivity index (χ4v) is 2.72. The first-order valence-electron chi connectivity index (χ1n) is 5.10. The van der Waals surface area contributed by atoms with Gasteiger partial charge in [-0.2, -0.15) is 0 Å². The number of carbonyl (C=O) groups is 1. The highest BCUT2D eigenvalue weighted by atomic mass is 31.1. The number of amides is 1. The standard InChI is InChI=1S/C13H10NO2P/c14-13(15)10-5-4-8-12(9-10)17(16)11-6-2-1-3-7-11/h1-9H,(H-,14,15)/p+1. The minimum Gasteiger partial charge on any atom is -0.366 e. The molecule has 84 valence electrons. The summed E-state index contributed by atoms with van der Waals surface area (Å²) in [4.78, 5) is 11.0. The van der Waals surface area contributed by atoms with E-state index in [9.17, 15) is 9.36 Å². The van der Waals surface area contributed by atoms with Crippen LogP contribution in [0.4, 0.5) is 0 Å². The zero-order chi connectivity index (χ0) is 12.3. The third-order valence-corrected chi connectivity index (χ3v) is 3.87. The minimum absolute atomic E-state index is 0.377. The average Bonchev–Trinajstić information content (AvgIpc) is 2.39. The van der Waals surface area contributed by atoms with Crippen molar-refractivity contribution in [1.82, 2.24) is 0 Å². The van der Waals surface area contributed by atoms with Gasteiger partial charge in [-0.3, -0.25) is 4.79 Å². The molecular formula is C13H11NO2P+. The molecule has 0 aliphatic rings. The largest absolute Gasteiger partial charge is 0.415 e. The Labute approximate surface area is 100 Å². The summed E-state index contributed by atoms with van der Waals surface area (Å²) in [5.74, 6) is -0.511. The van der Waals surface area contributed by atoms with Crippen LogP contribution in [0.3, 0.4) is 0 Å². The summed E-state index contributed by atoms with van der Waals surface area (Å²) in [7, 11) is -1.67. The molecule has 2 aromatic carbocycles. The van der Waals surface area contributed by atoms with Crippen molar-refractivity contribution >= 4 is 24.3 Å². The maximum atomic E-state index is 12.2. The number of hydrogen-bond acceptors (Lipinski definition) is 2. The van der Waals surface area contributed by atoms with Crippen molar-refractivity contribution in [1.29, 1.82) is 0 Å². The van der Waals surface area contributed by atoms with Gasteiger partial charge in [-0.05, 0) is 24.3 Å². The zero-order valence-electron chi connectivity index (χ0n) is 9.04. The van der Waals surface area contributed by atoms with Crippen molar-refractivity contribution in [3.63, 3.8) is 0 Å². The smallest absolute Gasteiger partial charge is 0.366 e. The summed E-state index contributed by atoms with van der Waals surface area (Å²) in [5, 5.41) is 1.35. The van der Waals surface area contributed by atoms with E-state index in [0.29, 0.717) is 10.9 Å². The van der Waals surface area contributed by atoms with Crippen LogP contribution in [0.15, 0.2) is 54.6 Å². The van der Waals surface area contributed by atoms with Crippen LogP contribution in [0.5, 0.6) is 0 Å². The lowest BCUT2D eigenvalue weighted by Gasteiger charge is -1.94. The lowest BCUT2D eigenvalue weighted by Crippen LogP contribution is -2.14. The molecule has 3 nitrogen and oxygen atoms in total. The van der Waals surface area contributed by atoms with Gasteiger partial charge in [-0.15, -0.1) is 0 Å². The number of hydrogen-bond donors (Lipinski definition) is 1. The Hall–Kier alpha value is -1.99. The van der Waals surface area contributed by atoms with Gasteiger partial charge in [0.2, 0.25) is 5.91 Å². The molecule has 0 radical (unpaired) electrons. The summed E-state index contributed by atoms with van der Waals surface area (Å²) in [6.45, 7) is 0. The second kappa shape index (κ2) is 4.89. The van der Waals surface area contributed by atoms with Crippen molar-refractivity contribution in [2.24, 2.45) is 5.73 Å². The molecule has 2 N–H and O–H groups in total. The topological polar surface area (TPSA) is 60.2 Å². The summed E-state index contributed by atoms with van der Waals surface area (Å²) >= 11 is 0. The number of benzene rings is 2. The molecule has 0 saturated heterocycles. The van der Waals surface area contributed by atoms with Crippen molar-refractivity contribution in [2.75, 3.05) is 0 Å². The molecule has 0 aliphatic heterocycles. The minimum atomic E-state index is -1.67. The van der Waals surface area contributed by atoms with Crippen LogP contribution in [0.2, 0.25) is 0 Å². The summed E-state index contributed by atoms with van der Waals surface area (Å²) < 4.78 is 12.2. The molecular weight excluding hydrogens is 233 g/mol. The van der Waals surface area contributed by atoms with E-state index < -0.39 is 13.7 Å². The van der Waals surface area contributed by atoms with E-state index in [0.717, 1.165) is 5.30 Å². The monoisotopic (exact) mass is 244 g/mol. The molecule has 0 aromatic heterocycles. The predicted molar refractivity (Wildman–Crippen MR) is 68.3 cm³/mol. The normalized spacial score (nSPS) is 10.9. The Balaban J connectivity index is 2.38. The van der Waals surface area contributed by atoms with Crippen LogP contribution in [0.1, 0.15) is 10.4 Å². The van der Waals surface area contributed by atoms with E-state index in [1.807, 2.05) is 18.2 Å². The zero-order valence-corrected chi connectivity index (χ0v) is 9.93. The molecule has 0 bridgehead atoms. The third kappa shape index (κ3) is 2.58.